The molecule has 1 fully saturated rings. The van der Waals surface area contributed by atoms with E-state index in [4.69, 9.17) is 0 Å². The van der Waals surface area contributed by atoms with Crippen LogP contribution in [-0.2, 0) is 6.61 Å². The van der Waals surface area contributed by atoms with Crippen molar-refractivity contribution in [2.75, 3.05) is 18.0 Å². The molecule has 1 aliphatic rings. The van der Waals surface area contributed by atoms with Crippen molar-refractivity contribution in [2.45, 2.75) is 31.0 Å². The molecule has 0 spiro atoms. The molecule has 0 amide bonds. The number of aromatic nitrogens is 1. The summed E-state index contributed by atoms with van der Waals surface area (Å²) in [6, 6.07) is 8.23. The van der Waals surface area contributed by atoms with E-state index in [1.165, 1.54) is 0 Å². The van der Waals surface area contributed by atoms with Gasteiger partial charge in [-0.2, -0.15) is 11.8 Å². The van der Waals surface area contributed by atoms with Crippen molar-refractivity contribution in [1.82, 2.24) is 4.98 Å². The van der Waals surface area contributed by atoms with Crippen LogP contribution in [0.1, 0.15) is 19.4 Å². The lowest BCUT2D eigenvalue weighted by molar-refractivity contribution is 0.283. The average Bonchev–Trinajstić information content (AvgIpc) is 2.45. The lowest BCUT2D eigenvalue weighted by atomic mass is 10.1. The summed E-state index contributed by atoms with van der Waals surface area (Å²) in [6.45, 7) is 6.65. The van der Waals surface area contributed by atoms with E-state index in [2.05, 4.69) is 35.9 Å². The van der Waals surface area contributed by atoms with Gasteiger partial charge in [0.25, 0.3) is 0 Å². The highest BCUT2D eigenvalue weighted by molar-refractivity contribution is 8.00. The Bertz CT molecular complexity index is 606. The summed E-state index contributed by atoms with van der Waals surface area (Å²) in [7, 11) is 0. The Hall–Kier alpha value is -1.26. The molecule has 106 valence electrons. The maximum Gasteiger partial charge on any atom is 0.136 e. The first kappa shape index (κ1) is 13.7. The molecule has 1 aromatic heterocycles. The first-order valence-electron chi connectivity index (χ1n) is 7.07. The molecule has 2 unspecified atom stereocenters. The summed E-state index contributed by atoms with van der Waals surface area (Å²) < 4.78 is 0. The zero-order chi connectivity index (χ0) is 14.1. The normalized spacial score (nSPS) is 23.2. The van der Waals surface area contributed by atoms with Crippen LogP contribution in [0.4, 0.5) is 5.82 Å². The minimum atomic E-state index is 0.0381. The summed E-state index contributed by atoms with van der Waals surface area (Å²) in [5, 5.41) is 13.0. The summed E-state index contributed by atoms with van der Waals surface area (Å²) >= 11 is 2.04. The second-order valence-corrected chi connectivity index (χ2v) is 7.35. The van der Waals surface area contributed by atoms with Crippen LogP contribution in [0.25, 0.3) is 10.8 Å². The Morgan fingerprint density at radius 3 is 2.50 bits per heavy atom. The molecule has 1 N–H and O–H groups in total. The summed E-state index contributed by atoms with van der Waals surface area (Å²) in [5.74, 6) is 1.05. The molecule has 3 nitrogen and oxygen atoms in total. The minimum absolute atomic E-state index is 0.0381. The van der Waals surface area contributed by atoms with E-state index in [1.807, 2.05) is 30.1 Å². The number of hydrogen-bond donors (Lipinski definition) is 1. The highest BCUT2D eigenvalue weighted by Crippen LogP contribution is 2.32. The first-order chi connectivity index (χ1) is 9.69. The first-order valence-corrected chi connectivity index (χ1v) is 8.01. The zero-order valence-electron chi connectivity index (χ0n) is 11.9. The number of thioether (sulfide) groups is 1. The van der Waals surface area contributed by atoms with E-state index in [1.54, 1.807) is 0 Å². The molecule has 4 heteroatoms. The van der Waals surface area contributed by atoms with Gasteiger partial charge in [-0.3, -0.25) is 0 Å². The fraction of sp³-hybridized carbons (Fsp3) is 0.438. The largest absolute Gasteiger partial charge is 0.392 e. The highest BCUT2D eigenvalue weighted by atomic mass is 32.2. The van der Waals surface area contributed by atoms with Crippen molar-refractivity contribution in [2.24, 2.45) is 0 Å². The lowest BCUT2D eigenvalue weighted by Gasteiger charge is -2.36. The van der Waals surface area contributed by atoms with Gasteiger partial charge in [-0.1, -0.05) is 38.1 Å². The standard InChI is InChI=1S/C16H20N2OS/c1-11-8-18(9-12(2)20-11)16-15-6-4-3-5-14(15)13(10-19)7-17-16/h3-7,11-12,19H,8-10H2,1-2H3. The smallest absolute Gasteiger partial charge is 0.136 e. The maximum absolute atomic E-state index is 9.46. The summed E-state index contributed by atoms with van der Waals surface area (Å²) in [4.78, 5) is 7.01. The van der Waals surface area contributed by atoms with Gasteiger partial charge in [-0.05, 0) is 5.39 Å². The Morgan fingerprint density at radius 2 is 1.85 bits per heavy atom. The number of aliphatic hydroxyl groups is 1. The van der Waals surface area contributed by atoms with Crippen molar-refractivity contribution in [3.8, 4) is 0 Å². The van der Waals surface area contributed by atoms with E-state index in [9.17, 15) is 5.11 Å². The van der Waals surface area contributed by atoms with Gasteiger partial charge in [0.15, 0.2) is 0 Å². The second kappa shape index (κ2) is 5.62. The zero-order valence-corrected chi connectivity index (χ0v) is 12.7. The Kier molecular flexibility index (Phi) is 3.85. The van der Waals surface area contributed by atoms with Crippen molar-refractivity contribution in [3.63, 3.8) is 0 Å². The van der Waals surface area contributed by atoms with Crippen molar-refractivity contribution in [3.05, 3.63) is 36.0 Å². The molecular formula is C16H20N2OS. The summed E-state index contributed by atoms with van der Waals surface area (Å²) in [5.41, 5.74) is 0.900. The molecule has 1 saturated heterocycles. The lowest BCUT2D eigenvalue weighted by Crippen LogP contribution is -2.41. The predicted molar refractivity (Wildman–Crippen MR) is 86.4 cm³/mol. The second-order valence-electron chi connectivity index (χ2n) is 5.47. The minimum Gasteiger partial charge on any atom is -0.392 e. The third-order valence-electron chi connectivity index (χ3n) is 3.75. The predicted octanol–water partition coefficient (Wildman–Crippen LogP) is 3.06. The number of aliphatic hydroxyl groups excluding tert-OH is 1. The molecule has 0 aliphatic carbocycles. The average molecular weight is 288 g/mol. The number of benzene rings is 1. The van der Waals surface area contributed by atoms with Gasteiger partial charge in [-0.15, -0.1) is 0 Å². The van der Waals surface area contributed by atoms with Crippen molar-refractivity contribution in [1.29, 1.82) is 0 Å². The number of anilines is 1. The molecule has 3 rings (SSSR count). The molecule has 2 heterocycles. The van der Waals surface area contributed by atoms with Crippen LogP contribution < -0.4 is 4.90 Å². The van der Waals surface area contributed by atoms with Gasteiger partial charge < -0.3 is 10.0 Å². The molecule has 20 heavy (non-hydrogen) atoms. The van der Waals surface area contributed by atoms with E-state index in [-0.39, 0.29) is 6.61 Å². The monoisotopic (exact) mass is 288 g/mol. The fourth-order valence-electron chi connectivity index (χ4n) is 2.97. The molecule has 0 radical (unpaired) electrons. The highest BCUT2D eigenvalue weighted by Gasteiger charge is 2.24. The molecule has 0 saturated carbocycles. The van der Waals surface area contributed by atoms with Crippen LogP contribution in [0.3, 0.4) is 0 Å². The van der Waals surface area contributed by atoms with Gasteiger partial charge in [0.05, 0.1) is 6.61 Å². The molecule has 0 bridgehead atoms. The number of rotatable bonds is 2. The van der Waals surface area contributed by atoms with Crippen LogP contribution in [0.2, 0.25) is 0 Å². The molecule has 2 aromatic rings. The van der Waals surface area contributed by atoms with Crippen LogP contribution in [0.15, 0.2) is 30.5 Å². The van der Waals surface area contributed by atoms with Gasteiger partial charge in [-0.25, -0.2) is 4.98 Å². The Labute approximate surface area is 124 Å². The van der Waals surface area contributed by atoms with Gasteiger partial charge >= 0.3 is 0 Å². The topological polar surface area (TPSA) is 36.4 Å². The van der Waals surface area contributed by atoms with E-state index in [0.717, 1.165) is 35.2 Å². The van der Waals surface area contributed by atoms with E-state index < -0.39 is 0 Å². The van der Waals surface area contributed by atoms with Gasteiger partial charge in [0, 0.05) is 40.7 Å². The van der Waals surface area contributed by atoms with Crippen molar-refractivity contribution >= 4 is 28.4 Å². The van der Waals surface area contributed by atoms with Crippen LogP contribution in [-0.4, -0.2) is 33.7 Å². The Morgan fingerprint density at radius 1 is 1.20 bits per heavy atom. The summed E-state index contributed by atoms with van der Waals surface area (Å²) in [6.07, 6.45) is 1.81. The molecular weight excluding hydrogens is 268 g/mol. The maximum atomic E-state index is 9.46. The van der Waals surface area contributed by atoms with Crippen molar-refractivity contribution < 1.29 is 5.11 Å². The Balaban J connectivity index is 2.08. The SMILES string of the molecule is CC1CN(c2ncc(CO)c3ccccc23)CC(C)S1. The number of nitrogens with zero attached hydrogens (tertiary/aromatic N) is 2. The van der Waals surface area contributed by atoms with E-state index in [0.29, 0.717) is 10.5 Å². The molecule has 2 atom stereocenters. The molecule has 1 aliphatic heterocycles. The third kappa shape index (κ3) is 2.50. The quantitative estimate of drug-likeness (QED) is 0.921. The van der Waals surface area contributed by atoms with E-state index >= 15 is 0 Å². The number of pyridine rings is 1. The number of fused-ring (bicyclic) bond motifs is 1. The van der Waals surface area contributed by atoms with Crippen LogP contribution in [0, 0.1) is 0 Å². The third-order valence-corrected chi connectivity index (χ3v) is 4.97. The fourth-order valence-corrected chi connectivity index (χ4v) is 4.29. The van der Waals surface area contributed by atoms with Gasteiger partial charge in [0.1, 0.15) is 5.82 Å². The van der Waals surface area contributed by atoms with Gasteiger partial charge in [0.2, 0.25) is 0 Å². The van der Waals surface area contributed by atoms with Crippen LogP contribution >= 0.6 is 11.8 Å². The number of hydrogen-bond acceptors (Lipinski definition) is 4. The molecule has 1 aromatic carbocycles. The van der Waals surface area contributed by atoms with Crippen LogP contribution in [0.5, 0.6) is 0 Å².